The number of aromatic nitrogens is 2. The molecule has 0 radical (unpaired) electrons. The van der Waals surface area contributed by atoms with Crippen LogP contribution >= 0.6 is 0 Å². The topological polar surface area (TPSA) is 97.0 Å². The monoisotopic (exact) mass is 415 g/mol. The Morgan fingerprint density at radius 2 is 2.00 bits per heavy atom. The number of carboxylic acid groups (broad SMARTS) is 1. The van der Waals surface area contributed by atoms with Gasteiger partial charge in [-0.2, -0.15) is 13.2 Å². The predicted octanol–water partition coefficient (Wildman–Crippen LogP) is 1.70. The Labute approximate surface area is 164 Å². The molecule has 3 heterocycles. The zero-order chi connectivity index (χ0) is 21.2. The lowest BCUT2D eigenvalue weighted by Crippen LogP contribution is -2.42. The summed E-state index contributed by atoms with van der Waals surface area (Å²) in [6.45, 7) is 1.96. The summed E-state index contributed by atoms with van der Waals surface area (Å²) in [5.74, 6) is -1.16. The van der Waals surface area contributed by atoms with Crippen molar-refractivity contribution < 1.29 is 37.7 Å². The Kier molecular flexibility index (Phi) is 5.99. The molecule has 2 aromatic rings. The Morgan fingerprint density at radius 1 is 1.31 bits per heavy atom. The van der Waals surface area contributed by atoms with E-state index in [0.29, 0.717) is 6.79 Å². The maximum atomic E-state index is 10.6. The van der Waals surface area contributed by atoms with E-state index >= 15 is 0 Å². The van der Waals surface area contributed by atoms with Gasteiger partial charge in [0.05, 0.1) is 18.6 Å². The highest BCUT2D eigenvalue weighted by Gasteiger charge is 2.38. The number of aliphatic hydroxyl groups excluding tert-OH is 1. The number of halogens is 3. The molecule has 0 aliphatic carbocycles. The van der Waals surface area contributed by atoms with E-state index in [1.54, 1.807) is 0 Å². The molecular weight excluding hydrogens is 395 g/mol. The first kappa shape index (κ1) is 20.9. The second kappa shape index (κ2) is 8.29. The minimum Gasteiger partial charge on any atom is -0.475 e. The number of hydrogen-bond donors (Lipinski definition) is 2. The van der Waals surface area contributed by atoms with Crippen molar-refractivity contribution in [1.29, 1.82) is 0 Å². The number of aliphatic hydroxyl groups is 1. The first-order chi connectivity index (χ1) is 13.7. The van der Waals surface area contributed by atoms with E-state index in [1.807, 2.05) is 25.5 Å². The van der Waals surface area contributed by atoms with Crippen molar-refractivity contribution in [1.82, 2.24) is 14.5 Å². The van der Waals surface area contributed by atoms with Gasteiger partial charge in [0.25, 0.3) is 0 Å². The fourth-order valence-electron chi connectivity index (χ4n) is 3.21. The Bertz CT molecular complexity index is 884. The summed E-state index contributed by atoms with van der Waals surface area (Å²) < 4.78 is 44.6. The van der Waals surface area contributed by atoms with Crippen LogP contribution < -0.4 is 9.47 Å². The van der Waals surface area contributed by atoms with Crippen LogP contribution in [0.3, 0.4) is 0 Å². The van der Waals surface area contributed by atoms with Crippen molar-refractivity contribution in [2.45, 2.75) is 31.7 Å². The van der Waals surface area contributed by atoms with Gasteiger partial charge in [0.15, 0.2) is 11.5 Å². The van der Waals surface area contributed by atoms with Crippen molar-refractivity contribution in [3.63, 3.8) is 0 Å². The molecule has 0 bridgehead atoms. The van der Waals surface area contributed by atoms with Gasteiger partial charge in [-0.25, -0.2) is 9.78 Å². The molecule has 0 saturated carbocycles. The second-order valence-electron chi connectivity index (χ2n) is 6.68. The summed E-state index contributed by atoms with van der Waals surface area (Å²) in [7, 11) is 2.01. The molecule has 0 saturated heterocycles. The molecule has 1 aromatic carbocycles. The molecule has 1 atom stereocenters. The molecule has 0 fully saturated rings. The van der Waals surface area contributed by atoms with Gasteiger partial charge in [-0.1, -0.05) is 6.07 Å². The number of carbonyl (C=O) groups is 1. The smallest absolute Gasteiger partial charge is 0.475 e. The molecule has 4 rings (SSSR count). The third-order valence-corrected chi connectivity index (χ3v) is 4.72. The highest BCUT2D eigenvalue weighted by Crippen LogP contribution is 2.33. The number of hydrogen-bond acceptors (Lipinski definition) is 6. The lowest BCUT2D eigenvalue weighted by atomic mass is 10.0. The normalized spacial score (nSPS) is 18.0. The zero-order valence-corrected chi connectivity index (χ0v) is 15.5. The number of aliphatic carboxylic acids is 1. The largest absolute Gasteiger partial charge is 0.490 e. The number of fused-ring (bicyclic) bond motifs is 2. The van der Waals surface area contributed by atoms with Crippen LogP contribution in [0.4, 0.5) is 13.2 Å². The molecule has 29 heavy (non-hydrogen) atoms. The quantitative estimate of drug-likeness (QED) is 0.788. The fraction of sp³-hybridized carbons (Fsp3) is 0.444. The highest BCUT2D eigenvalue weighted by atomic mass is 19.4. The summed E-state index contributed by atoms with van der Waals surface area (Å²) in [6, 6.07) is 6.14. The van der Waals surface area contributed by atoms with Crippen molar-refractivity contribution in [3.8, 4) is 11.5 Å². The molecule has 158 valence electrons. The molecular formula is C18H20F3N3O5. The van der Waals surface area contributed by atoms with Crippen molar-refractivity contribution in [2.24, 2.45) is 7.05 Å². The van der Waals surface area contributed by atoms with Crippen LogP contribution in [0.25, 0.3) is 0 Å². The summed E-state index contributed by atoms with van der Waals surface area (Å²) >= 11 is 0. The number of rotatable bonds is 3. The molecule has 11 heteroatoms. The van der Waals surface area contributed by atoms with Crippen LogP contribution in [0.1, 0.15) is 17.0 Å². The standard InChI is InChI=1S/C16H19N3O3.C2HF3O2/c1-18-9-17-13-7-19(12(8-20)5-14(13)18)6-11-2-3-15-16(4-11)22-10-21-15;3-2(4,5)1(6)7/h2-4,9,12,20H,5-8,10H2,1H3;(H,6,7). The zero-order valence-electron chi connectivity index (χ0n) is 15.5. The summed E-state index contributed by atoms with van der Waals surface area (Å²) in [5.41, 5.74) is 3.48. The fourth-order valence-corrected chi connectivity index (χ4v) is 3.21. The van der Waals surface area contributed by atoms with E-state index in [-0.39, 0.29) is 12.6 Å². The first-order valence-corrected chi connectivity index (χ1v) is 8.71. The summed E-state index contributed by atoms with van der Waals surface area (Å²) in [4.78, 5) is 15.6. The number of imidazole rings is 1. The maximum absolute atomic E-state index is 10.6. The van der Waals surface area contributed by atoms with E-state index in [4.69, 9.17) is 19.4 Å². The lowest BCUT2D eigenvalue weighted by Gasteiger charge is -2.34. The molecule has 2 aliphatic heterocycles. The van der Waals surface area contributed by atoms with Gasteiger partial charge < -0.3 is 24.3 Å². The molecule has 1 unspecified atom stereocenters. The van der Waals surface area contributed by atoms with Crippen LogP contribution in [-0.2, 0) is 31.4 Å². The van der Waals surface area contributed by atoms with Gasteiger partial charge in [0, 0.05) is 38.3 Å². The van der Waals surface area contributed by atoms with Gasteiger partial charge in [-0.15, -0.1) is 0 Å². The third-order valence-electron chi connectivity index (χ3n) is 4.72. The van der Waals surface area contributed by atoms with Crippen molar-refractivity contribution in [2.75, 3.05) is 13.4 Å². The van der Waals surface area contributed by atoms with Crippen LogP contribution in [0, 0.1) is 0 Å². The average molecular weight is 415 g/mol. The third kappa shape index (κ3) is 4.80. The number of benzene rings is 1. The van der Waals surface area contributed by atoms with Crippen LogP contribution in [-0.4, -0.2) is 56.3 Å². The molecule has 1 aromatic heterocycles. The molecule has 8 nitrogen and oxygen atoms in total. The van der Waals surface area contributed by atoms with Gasteiger partial charge in [0.2, 0.25) is 6.79 Å². The number of carboxylic acids is 1. The molecule has 2 aliphatic rings. The average Bonchev–Trinajstić information content (AvgIpc) is 3.27. The van der Waals surface area contributed by atoms with Crippen LogP contribution in [0.5, 0.6) is 11.5 Å². The Hall–Kier alpha value is -2.79. The second-order valence-corrected chi connectivity index (χ2v) is 6.68. The molecule has 0 spiro atoms. The highest BCUT2D eigenvalue weighted by molar-refractivity contribution is 5.73. The van der Waals surface area contributed by atoms with Crippen molar-refractivity contribution >= 4 is 5.97 Å². The first-order valence-electron chi connectivity index (χ1n) is 8.71. The Morgan fingerprint density at radius 3 is 2.66 bits per heavy atom. The molecule has 2 N–H and O–H groups in total. The summed E-state index contributed by atoms with van der Waals surface area (Å²) in [5, 5.41) is 16.9. The number of alkyl halides is 3. The summed E-state index contributed by atoms with van der Waals surface area (Å²) in [6.07, 6.45) is -2.41. The van der Waals surface area contributed by atoms with Crippen LogP contribution in [0.15, 0.2) is 24.5 Å². The van der Waals surface area contributed by atoms with E-state index in [1.165, 1.54) is 5.69 Å². The SMILES string of the molecule is Cn1cnc2c1CC(CO)N(Cc1ccc3c(c1)OCO3)C2.O=C(O)C(F)(F)F. The van der Waals surface area contributed by atoms with E-state index in [2.05, 4.69) is 20.5 Å². The maximum Gasteiger partial charge on any atom is 0.490 e. The van der Waals surface area contributed by atoms with Crippen molar-refractivity contribution in [3.05, 3.63) is 41.5 Å². The minimum atomic E-state index is -5.08. The van der Waals surface area contributed by atoms with Gasteiger partial charge in [-0.05, 0) is 17.7 Å². The minimum absolute atomic E-state index is 0.119. The lowest BCUT2D eigenvalue weighted by molar-refractivity contribution is -0.192. The van der Waals surface area contributed by atoms with E-state index < -0.39 is 12.1 Å². The number of aryl methyl sites for hydroxylation is 1. The van der Waals surface area contributed by atoms with Gasteiger partial charge in [0.1, 0.15) is 0 Å². The molecule has 0 amide bonds. The van der Waals surface area contributed by atoms with E-state index in [0.717, 1.165) is 42.3 Å². The number of nitrogens with zero attached hydrogens (tertiary/aromatic N) is 3. The van der Waals surface area contributed by atoms with Crippen LogP contribution in [0.2, 0.25) is 0 Å². The Balaban J connectivity index is 0.000000298. The van der Waals surface area contributed by atoms with E-state index in [9.17, 15) is 18.3 Å². The van der Waals surface area contributed by atoms with Gasteiger partial charge >= 0.3 is 12.1 Å². The van der Waals surface area contributed by atoms with Gasteiger partial charge in [-0.3, -0.25) is 4.90 Å². The number of ether oxygens (including phenoxy) is 2. The predicted molar refractivity (Wildman–Crippen MR) is 93.3 cm³/mol.